The highest BCUT2D eigenvalue weighted by molar-refractivity contribution is 5.82. The Morgan fingerprint density at radius 2 is 2.00 bits per heavy atom. The summed E-state index contributed by atoms with van der Waals surface area (Å²) in [5.74, 6) is -0.309. The van der Waals surface area contributed by atoms with Crippen LogP contribution in [0.15, 0.2) is 0 Å². The Labute approximate surface area is 115 Å². The molecule has 1 fully saturated rings. The number of nitrogens with zero attached hydrogens (tertiary/aromatic N) is 1. The zero-order chi connectivity index (χ0) is 14.5. The van der Waals surface area contributed by atoms with Crippen LogP contribution in [0.3, 0.4) is 0 Å². The lowest BCUT2D eigenvalue weighted by Gasteiger charge is -2.27. The Morgan fingerprint density at radius 1 is 1.32 bits per heavy atom. The quantitative estimate of drug-likeness (QED) is 0.582. The van der Waals surface area contributed by atoms with Gasteiger partial charge >= 0.3 is 12.1 Å². The highest BCUT2D eigenvalue weighted by Crippen LogP contribution is 2.21. The molecule has 1 aliphatic heterocycles. The lowest BCUT2D eigenvalue weighted by atomic mass is 10.2. The van der Waals surface area contributed by atoms with Gasteiger partial charge in [-0.1, -0.05) is 13.3 Å². The smallest absolute Gasteiger partial charge is 0.411 e. The zero-order valence-electron chi connectivity index (χ0n) is 12.4. The molecule has 5 nitrogen and oxygen atoms in total. The maximum Gasteiger partial charge on any atom is 0.411 e. The molecular formula is C14H25NO4. The van der Waals surface area contributed by atoms with Crippen LogP contribution in [0.5, 0.6) is 0 Å². The Bertz CT molecular complexity index is 322. The fourth-order valence-electron chi connectivity index (χ4n) is 1.96. The number of carbonyl (C=O) groups excluding carboxylic acids is 2. The molecule has 1 rings (SSSR count). The summed E-state index contributed by atoms with van der Waals surface area (Å²) in [5.41, 5.74) is -0.545. The lowest BCUT2D eigenvalue weighted by Crippen LogP contribution is -2.44. The first-order valence-electron chi connectivity index (χ1n) is 7.01. The van der Waals surface area contributed by atoms with Crippen LogP contribution in [0.4, 0.5) is 4.79 Å². The molecule has 0 aromatic heterocycles. The maximum absolute atomic E-state index is 12.0. The first kappa shape index (κ1) is 15.8. The molecule has 1 saturated heterocycles. The van der Waals surface area contributed by atoms with Gasteiger partial charge in [-0.05, 0) is 40.0 Å². The second-order valence-corrected chi connectivity index (χ2v) is 5.85. The zero-order valence-corrected chi connectivity index (χ0v) is 12.4. The molecule has 110 valence electrons. The number of hydrogen-bond donors (Lipinski definition) is 0. The molecule has 0 aromatic carbocycles. The van der Waals surface area contributed by atoms with Gasteiger partial charge < -0.3 is 9.47 Å². The second kappa shape index (κ2) is 6.78. The van der Waals surface area contributed by atoms with Gasteiger partial charge in [-0.15, -0.1) is 0 Å². The molecule has 19 heavy (non-hydrogen) atoms. The van der Waals surface area contributed by atoms with E-state index in [1.54, 1.807) is 0 Å². The summed E-state index contributed by atoms with van der Waals surface area (Å²) in [6.07, 6.45) is 2.87. The van der Waals surface area contributed by atoms with E-state index in [1.807, 2.05) is 27.7 Å². The molecule has 0 unspecified atom stereocenters. The predicted molar refractivity (Wildman–Crippen MR) is 71.8 cm³/mol. The topological polar surface area (TPSA) is 55.8 Å². The van der Waals surface area contributed by atoms with E-state index in [2.05, 4.69) is 0 Å². The van der Waals surface area contributed by atoms with Gasteiger partial charge in [-0.2, -0.15) is 0 Å². The normalized spacial score (nSPS) is 19.4. The molecule has 0 aliphatic carbocycles. The molecule has 1 amide bonds. The minimum absolute atomic E-state index is 0.309. The van der Waals surface area contributed by atoms with Gasteiger partial charge in [0, 0.05) is 6.54 Å². The highest BCUT2D eigenvalue weighted by atomic mass is 16.6. The molecule has 0 aromatic rings. The Morgan fingerprint density at radius 3 is 2.58 bits per heavy atom. The van der Waals surface area contributed by atoms with Gasteiger partial charge in [-0.3, -0.25) is 4.90 Å². The standard InChI is InChI=1S/C14H25NO4/c1-5-6-10-18-12(16)11-8-7-9-15(11)13(17)19-14(2,3)4/h11H,5-10H2,1-4H3/t11-/m0/s1. The van der Waals surface area contributed by atoms with Crippen molar-refractivity contribution in [1.82, 2.24) is 4.90 Å². The van der Waals surface area contributed by atoms with Crippen LogP contribution < -0.4 is 0 Å². The van der Waals surface area contributed by atoms with Crippen LogP contribution in [0.1, 0.15) is 53.4 Å². The monoisotopic (exact) mass is 271 g/mol. The molecule has 0 saturated carbocycles. The summed E-state index contributed by atoms with van der Waals surface area (Å²) in [4.78, 5) is 25.4. The molecular weight excluding hydrogens is 246 g/mol. The van der Waals surface area contributed by atoms with Gasteiger partial charge in [-0.25, -0.2) is 9.59 Å². The molecule has 0 bridgehead atoms. The van der Waals surface area contributed by atoms with Gasteiger partial charge in [0.15, 0.2) is 0 Å². The van der Waals surface area contributed by atoms with Crippen LogP contribution in [-0.4, -0.2) is 41.8 Å². The minimum atomic E-state index is -0.545. The Kier molecular flexibility index (Phi) is 5.63. The van der Waals surface area contributed by atoms with Crippen LogP contribution in [0.2, 0.25) is 0 Å². The van der Waals surface area contributed by atoms with Crippen LogP contribution in [-0.2, 0) is 14.3 Å². The molecule has 1 heterocycles. The molecule has 0 spiro atoms. The Hall–Kier alpha value is -1.26. The summed E-state index contributed by atoms with van der Waals surface area (Å²) in [6, 6.07) is -0.480. The van der Waals surface area contributed by atoms with Crippen molar-refractivity contribution in [2.75, 3.05) is 13.2 Å². The third kappa shape index (κ3) is 5.09. The van der Waals surface area contributed by atoms with Crippen molar-refractivity contribution in [3.63, 3.8) is 0 Å². The lowest BCUT2D eigenvalue weighted by molar-refractivity contribution is -0.148. The number of rotatable bonds is 4. The average Bonchev–Trinajstić information content (AvgIpc) is 2.75. The van der Waals surface area contributed by atoms with Crippen molar-refractivity contribution >= 4 is 12.1 Å². The average molecular weight is 271 g/mol. The van der Waals surface area contributed by atoms with E-state index in [9.17, 15) is 9.59 Å². The summed E-state index contributed by atoms with van der Waals surface area (Å²) >= 11 is 0. The number of amides is 1. The van der Waals surface area contributed by atoms with E-state index in [0.717, 1.165) is 19.3 Å². The van der Waals surface area contributed by atoms with Crippen molar-refractivity contribution in [2.45, 2.75) is 65.0 Å². The van der Waals surface area contributed by atoms with E-state index in [1.165, 1.54) is 4.90 Å². The summed E-state index contributed by atoms with van der Waals surface area (Å²) in [6.45, 7) is 8.47. The van der Waals surface area contributed by atoms with Crippen molar-refractivity contribution in [3.8, 4) is 0 Å². The number of likely N-dealkylation sites (tertiary alicyclic amines) is 1. The van der Waals surface area contributed by atoms with Crippen LogP contribution >= 0.6 is 0 Å². The van der Waals surface area contributed by atoms with E-state index in [-0.39, 0.29) is 5.97 Å². The number of ether oxygens (including phenoxy) is 2. The van der Waals surface area contributed by atoms with Crippen molar-refractivity contribution < 1.29 is 19.1 Å². The van der Waals surface area contributed by atoms with Crippen LogP contribution in [0, 0.1) is 0 Å². The molecule has 0 N–H and O–H groups in total. The van der Waals surface area contributed by atoms with E-state index in [0.29, 0.717) is 19.6 Å². The van der Waals surface area contributed by atoms with E-state index < -0.39 is 17.7 Å². The largest absolute Gasteiger partial charge is 0.464 e. The molecule has 0 radical (unpaired) electrons. The van der Waals surface area contributed by atoms with Crippen LogP contribution in [0.25, 0.3) is 0 Å². The maximum atomic E-state index is 12.0. The molecule has 1 aliphatic rings. The first-order chi connectivity index (χ1) is 8.85. The number of esters is 1. The SMILES string of the molecule is CCCCOC(=O)[C@@H]1CCCN1C(=O)OC(C)(C)C. The van der Waals surface area contributed by atoms with Gasteiger partial charge in [0.25, 0.3) is 0 Å². The summed E-state index contributed by atoms with van der Waals surface area (Å²) < 4.78 is 10.5. The fourth-order valence-corrected chi connectivity index (χ4v) is 1.96. The van der Waals surface area contributed by atoms with Gasteiger partial charge in [0.1, 0.15) is 11.6 Å². The summed E-state index contributed by atoms with van der Waals surface area (Å²) in [7, 11) is 0. The second-order valence-electron chi connectivity index (χ2n) is 5.85. The third-order valence-corrected chi connectivity index (χ3v) is 2.90. The minimum Gasteiger partial charge on any atom is -0.464 e. The van der Waals surface area contributed by atoms with Crippen molar-refractivity contribution in [2.24, 2.45) is 0 Å². The molecule has 5 heteroatoms. The van der Waals surface area contributed by atoms with Gasteiger partial charge in [0.05, 0.1) is 6.61 Å². The predicted octanol–water partition coefficient (Wildman–Crippen LogP) is 2.73. The van der Waals surface area contributed by atoms with Crippen molar-refractivity contribution in [1.29, 1.82) is 0 Å². The van der Waals surface area contributed by atoms with Crippen molar-refractivity contribution in [3.05, 3.63) is 0 Å². The number of carbonyl (C=O) groups is 2. The third-order valence-electron chi connectivity index (χ3n) is 2.90. The van der Waals surface area contributed by atoms with E-state index >= 15 is 0 Å². The molecule has 1 atom stereocenters. The first-order valence-corrected chi connectivity index (χ1v) is 7.01. The number of hydrogen-bond acceptors (Lipinski definition) is 4. The fraction of sp³-hybridized carbons (Fsp3) is 0.857. The highest BCUT2D eigenvalue weighted by Gasteiger charge is 2.37. The van der Waals surface area contributed by atoms with Gasteiger partial charge in [0.2, 0.25) is 0 Å². The Balaban J connectivity index is 2.53. The van der Waals surface area contributed by atoms with E-state index in [4.69, 9.17) is 9.47 Å². The number of unbranched alkanes of at least 4 members (excludes halogenated alkanes) is 1. The summed E-state index contributed by atoms with van der Waals surface area (Å²) in [5, 5.41) is 0.